The Labute approximate surface area is 167 Å². The molecule has 144 valence electrons. The van der Waals surface area contributed by atoms with Gasteiger partial charge in [-0.1, -0.05) is 23.7 Å². The van der Waals surface area contributed by atoms with Crippen LogP contribution in [0.2, 0.25) is 5.02 Å². The Kier molecular flexibility index (Phi) is 5.40. The lowest BCUT2D eigenvalue weighted by Gasteiger charge is -2.12. The van der Waals surface area contributed by atoms with Gasteiger partial charge < -0.3 is 5.11 Å². The Morgan fingerprint density at radius 3 is 2.32 bits per heavy atom. The molecule has 1 heterocycles. The molecule has 0 bridgehead atoms. The van der Waals surface area contributed by atoms with Gasteiger partial charge in [0.1, 0.15) is 0 Å². The van der Waals surface area contributed by atoms with Crippen LogP contribution in [0.4, 0.5) is 5.69 Å². The normalized spacial score (nSPS) is 11.2. The largest absolute Gasteiger partial charge is 0.478 e. The molecule has 0 aliphatic heterocycles. The Hall–Kier alpha value is -2.90. The maximum Gasteiger partial charge on any atom is 0.335 e. The van der Waals surface area contributed by atoms with E-state index >= 15 is 0 Å². The first-order valence-corrected chi connectivity index (χ1v) is 10.1. The van der Waals surface area contributed by atoms with E-state index in [1.54, 1.807) is 44.3 Å². The first-order valence-electron chi connectivity index (χ1n) is 8.26. The molecule has 0 amide bonds. The number of nitrogens with zero attached hydrogens (tertiary/aromatic N) is 1. The summed E-state index contributed by atoms with van der Waals surface area (Å²) in [5.74, 6) is -1.01. The minimum absolute atomic E-state index is 0.144. The summed E-state index contributed by atoms with van der Waals surface area (Å²) < 4.78 is 28.1. The predicted octanol–water partition coefficient (Wildman–Crippen LogP) is 4.52. The van der Waals surface area contributed by atoms with Crippen LogP contribution in [0, 0.1) is 13.8 Å². The molecule has 0 radical (unpaired) electrons. The number of carbonyl (C=O) groups is 1. The summed E-state index contributed by atoms with van der Waals surface area (Å²) in [6, 6.07) is 11.0. The van der Waals surface area contributed by atoms with Crippen LogP contribution >= 0.6 is 11.6 Å². The van der Waals surface area contributed by atoms with Gasteiger partial charge in [0.25, 0.3) is 10.0 Å². The molecular formula is C20H17ClN2O4S. The lowest BCUT2D eigenvalue weighted by atomic mass is 10.1. The molecule has 0 aliphatic carbocycles. The minimum atomic E-state index is -3.83. The Bertz CT molecular complexity index is 1160. The number of carboxylic acids is 1. The monoisotopic (exact) mass is 416 g/mol. The molecule has 8 heteroatoms. The van der Waals surface area contributed by atoms with Gasteiger partial charge in [0.15, 0.2) is 0 Å². The maximum atomic E-state index is 12.8. The van der Waals surface area contributed by atoms with E-state index in [0.29, 0.717) is 27.4 Å². The van der Waals surface area contributed by atoms with Crippen molar-refractivity contribution in [3.05, 3.63) is 76.6 Å². The van der Waals surface area contributed by atoms with Crippen molar-refractivity contribution in [3.8, 4) is 11.1 Å². The third kappa shape index (κ3) is 4.16. The van der Waals surface area contributed by atoms with Crippen LogP contribution in [0.1, 0.15) is 21.5 Å². The van der Waals surface area contributed by atoms with Crippen molar-refractivity contribution in [1.29, 1.82) is 0 Å². The summed E-state index contributed by atoms with van der Waals surface area (Å²) in [5.41, 5.74) is 3.04. The fourth-order valence-corrected chi connectivity index (χ4v) is 4.28. The summed E-state index contributed by atoms with van der Waals surface area (Å²) >= 11 is 6.05. The average Bonchev–Trinajstić information content (AvgIpc) is 2.64. The molecule has 0 saturated carbocycles. The van der Waals surface area contributed by atoms with E-state index in [-0.39, 0.29) is 10.5 Å². The van der Waals surface area contributed by atoms with E-state index in [4.69, 9.17) is 16.7 Å². The topological polar surface area (TPSA) is 96.4 Å². The van der Waals surface area contributed by atoms with Crippen molar-refractivity contribution in [1.82, 2.24) is 4.98 Å². The number of halogens is 1. The zero-order chi connectivity index (χ0) is 20.5. The Morgan fingerprint density at radius 2 is 1.68 bits per heavy atom. The third-order valence-electron chi connectivity index (χ3n) is 4.20. The number of carboxylic acid groups (broad SMARTS) is 1. The van der Waals surface area contributed by atoms with Gasteiger partial charge in [-0.15, -0.1) is 0 Å². The van der Waals surface area contributed by atoms with Gasteiger partial charge in [-0.05, 0) is 60.9 Å². The van der Waals surface area contributed by atoms with Crippen molar-refractivity contribution in [3.63, 3.8) is 0 Å². The van der Waals surface area contributed by atoms with Crippen molar-refractivity contribution in [2.24, 2.45) is 0 Å². The number of pyridine rings is 1. The highest BCUT2D eigenvalue weighted by atomic mass is 35.5. The molecule has 2 aromatic carbocycles. The molecule has 0 unspecified atom stereocenters. The molecule has 1 aromatic heterocycles. The van der Waals surface area contributed by atoms with Crippen LogP contribution in [0.3, 0.4) is 0 Å². The van der Waals surface area contributed by atoms with E-state index in [0.717, 1.165) is 5.56 Å². The third-order valence-corrected chi connectivity index (χ3v) is 6.13. The fourth-order valence-electron chi connectivity index (χ4n) is 2.71. The van der Waals surface area contributed by atoms with E-state index < -0.39 is 16.0 Å². The Balaban J connectivity index is 1.92. The molecule has 28 heavy (non-hydrogen) atoms. The first-order chi connectivity index (χ1) is 13.2. The summed E-state index contributed by atoms with van der Waals surface area (Å²) in [7, 11) is -3.83. The number of aromatic carboxylic acids is 1. The molecular weight excluding hydrogens is 400 g/mol. The average molecular weight is 417 g/mol. The first kappa shape index (κ1) is 19.9. The van der Waals surface area contributed by atoms with E-state index in [9.17, 15) is 13.2 Å². The molecule has 0 saturated heterocycles. The predicted molar refractivity (Wildman–Crippen MR) is 108 cm³/mol. The molecule has 3 aromatic rings. The molecule has 0 fully saturated rings. The SMILES string of the molecule is Cc1cc(S(=O)(=O)Nc2cncc(-c3ccc(C(=O)O)cc3)c2)c(C)cc1Cl. The van der Waals surface area contributed by atoms with Crippen molar-refractivity contribution < 1.29 is 18.3 Å². The molecule has 6 nitrogen and oxygen atoms in total. The number of nitrogens with one attached hydrogen (secondary N) is 1. The molecule has 0 atom stereocenters. The summed E-state index contributed by atoms with van der Waals surface area (Å²) in [6.45, 7) is 3.42. The second-order valence-electron chi connectivity index (χ2n) is 6.32. The van der Waals surface area contributed by atoms with E-state index in [1.807, 2.05) is 0 Å². The van der Waals surface area contributed by atoms with Gasteiger partial charge in [0.05, 0.1) is 22.3 Å². The number of aryl methyl sites for hydroxylation is 2. The molecule has 0 aliphatic rings. The fraction of sp³-hybridized carbons (Fsp3) is 0.100. The van der Waals surface area contributed by atoms with E-state index in [2.05, 4.69) is 9.71 Å². The van der Waals surface area contributed by atoms with Crippen LogP contribution in [-0.2, 0) is 10.0 Å². The zero-order valence-electron chi connectivity index (χ0n) is 15.1. The standard InChI is InChI=1S/C20H17ClN2O4S/c1-12-8-19(13(2)7-18(12)21)28(26,27)23-17-9-16(10-22-11-17)14-3-5-15(6-4-14)20(24)25/h3-11,23H,1-2H3,(H,24,25). The van der Waals surface area contributed by atoms with Crippen molar-refractivity contribution >= 4 is 33.3 Å². The van der Waals surface area contributed by atoms with Crippen LogP contribution in [0.15, 0.2) is 59.8 Å². The molecule has 2 N–H and O–H groups in total. The highest BCUT2D eigenvalue weighted by Gasteiger charge is 2.19. The highest BCUT2D eigenvalue weighted by molar-refractivity contribution is 7.92. The zero-order valence-corrected chi connectivity index (χ0v) is 16.7. The van der Waals surface area contributed by atoms with Crippen LogP contribution in [0.25, 0.3) is 11.1 Å². The summed E-state index contributed by atoms with van der Waals surface area (Å²) in [6.07, 6.45) is 2.98. The van der Waals surface area contributed by atoms with Crippen LogP contribution < -0.4 is 4.72 Å². The lowest BCUT2D eigenvalue weighted by molar-refractivity contribution is 0.0697. The van der Waals surface area contributed by atoms with Gasteiger partial charge in [-0.3, -0.25) is 9.71 Å². The van der Waals surface area contributed by atoms with Gasteiger partial charge in [-0.2, -0.15) is 0 Å². The highest BCUT2D eigenvalue weighted by Crippen LogP contribution is 2.27. The number of sulfonamides is 1. The van der Waals surface area contributed by atoms with Gasteiger partial charge in [0.2, 0.25) is 0 Å². The number of benzene rings is 2. The maximum absolute atomic E-state index is 12.8. The minimum Gasteiger partial charge on any atom is -0.478 e. The number of hydrogen-bond donors (Lipinski definition) is 2. The molecule has 0 spiro atoms. The van der Waals surface area contributed by atoms with Gasteiger partial charge in [0, 0.05) is 16.8 Å². The number of hydrogen-bond acceptors (Lipinski definition) is 4. The quantitative estimate of drug-likeness (QED) is 0.637. The van der Waals surface area contributed by atoms with E-state index in [1.165, 1.54) is 24.4 Å². The number of rotatable bonds is 5. The second kappa shape index (κ2) is 7.61. The van der Waals surface area contributed by atoms with Crippen LogP contribution in [-0.4, -0.2) is 24.5 Å². The second-order valence-corrected chi connectivity index (χ2v) is 8.38. The van der Waals surface area contributed by atoms with Gasteiger partial charge in [-0.25, -0.2) is 13.2 Å². The Morgan fingerprint density at radius 1 is 1.00 bits per heavy atom. The number of anilines is 1. The van der Waals surface area contributed by atoms with Crippen LogP contribution in [0.5, 0.6) is 0 Å². The molecule has 3 rings (SSSR count). The summed E-state index contributed by atoms with van der Waals surface area (Å²) in [5, 5.41) is 9.49. The van der Waals surface area contributed by atoms with Crippen molar-refractivity contribution in [2.75, 3.05) is 4.72 Å². The summed E-state index contributed by atoms with van der Waals surface area (Å²) in [4.78, 5) is 15.2. The smallest absolute Gasteiger partial charge is 0.335 e. The van der Waals surface area contributed by atoms with Crippen molar-refractivity contribution in [2.45, 2.75) is 18.7 Å². The number of aromatic nitrogens is 1. The lowest BCUT2D eigenvalue weighted by Crippen LogP contribution is -2.14. The van der Waals surface area contributed by atoms with Gasteiger partial charge >= 0.3 is 5.97 Å².